The number of aliphatic carboxylic acids is 1. The van der Waals surface area contributed by atoms with Crippen molar-refractivity contribution in [3.05, 3.63) is 17.7 Å². The summed E-state index contributed by atoms with van der Waals surface area (Å²) in [5.74, 6) is 0.579. The molecule has 3 rings (SSSR count). The highest BCUT2D eigenvalue weighted by atomic mass is 35.5. The van der Waals surface area contributed by atoms with Gasteiger partial charge in [0.1, 0.15) is 11.5 Å². The van der Waals surface area contributed by atoms with Crippen LogP contribution in [-0.4, -0.2) is 61.9 Å². The van der Waals surface area contributed by atoms with Gasteiger partial charge in [0.15, 0.2) is 0 Å². The average molecular weight is 357 g/mol. The maximum absolute atomic E-state index is 11.6. The quantitative estimate of drug-likeness (QED) is 0.894. The number of rotatable bonds is 3. The van der Waals surface area contributed by atoms with Crippen molar-refractivity contribution in [1.29, 1.82) is 0 Å². The van der Waals surface area contributed by atoms with E-state index >= 15 is 0 Å². The summed E-state index contributed by atoms with van der Waals surface area (Å²) >= 11 is 0. The minimum absolute atomic E-state index is 0. The third-order valence-electron chi connectivity index (χ3n) is 4.85. The first-order chi connectivity index (χ1) is 10.9. The van der Waals surface area contributed by atoms with E-state index in [1.165, 1.54) is 0 Å². The molecule has 0 saturated carbocycles. The zero-order valence-electron chi connectivity index (χ0n) is 14.4. The Morgan fingerprint density at radius 2 is 1.96 bits per heavy atom. The van der Waals surface area contributed by atoms with Crippen molar-refractivity contribution >= 4 is 24.1 Å². The number of benzene rings is 1. The first kappa shape index (κ1) is 18.7. The maximum Gasteiger partial charge on any atom is 0.347 e. The predicted molar refractivity (Wildman–Crippen MR) is 94.9 cm³/mol. The van der Waals surface area contributed by atoms with Crippen LogP contribution in [0.3, 0.4) is 0 Å². The molecule has 0 amide bonds. The number of fused-ring (bicyclic) bond motifs is 1. The van der Waals surface area contributed by atoms with Crippen LogP contribution in [0, 0.1) is 0 Å². The normalized spacial score (nSPS) is 23.7. The van der Waals surface area contributed by atoms with Crippen molar-refractivity contribution in [2.45, 2.75) is 25.4 Å². The molecule has 0 aliphatic carbocycles. The third-order valence-corrected chi connectivity index (χ3v) is 4.85. The lowest BCUT2D eigenvalue weighted by molar-refractivity contribution is -0.155. The molecule has 0 bridgehead atoms. The molecule has 0 aromatic heterocycles. The minimum atomic E-state index is -1.16. The zero-order chi connectivity index (χ0) is 16.6. The van der Waals surface area contributed by atoms with E-state index in [1.54, 1.807) is 14.0 Å². The molecule has 1 aromatic rings. The summed E-state index contributed by atoms with van der Waals surface area (Å²) in [4.78, 5) is 16.1. The van der Waals surface area contributed by atoms with Gasteiger partial charge in [-0.2, -0.15) is 0 Å². The van der Waals surface area contributed by atoms with Gasteiger partial charge in [-0.15, -0.1) is 12.4 Å². The number of carboxylic acid groups (broad SMARTS) is 1. The van der Waals surface area contributed by atoms with Crippen LogP contribution < -0.4 is 14.4 Å². The first-order valence-electron chi connectivity index (χ1n) is 8.00. The second kappa shape index (κ2) is 7.07. The Bertz CT molecular complexity index is 617. The Morgan fingerprint density at radius 1 is 1.29 bits per heavy atom. The molecule has 134 valence electrons. The van der Waals surface area contributed by atoms with E-state index in [-0.39, 0.29) is 12.4 Å². The minimum Gasteiger partial charge on any atom is -0.497 e. The third kappa shape index (κ3) is 3.39. The fraction of sp³-hybridized carbons (Fsp3) is 0.588. The number of hydrogen-bond acceptors (Lipinski definition) is 5. The van der Waals surface area contributed by atoms with Gasteiger partial charge in [-0.3, -0.25) is 0 Å². The van der Waals surface area contributed by atoms with Gasteiger partial charge in [-0.25, -0.2) is 4.79 Å². The molecule has 7 heteroatoms. The monoisotopic (exact) mass is 356 g/mol. The molecule has 6 nitrogen and oxygen atoms in total. The van der Waals surface area contributed by atoms with Crippen molar-refractivity contribution in [2.75, 3.05) is 45.2 Å². The van der Waals surface area contributed by atoms with Crippen LogP contribution in [0.4, 0.5) is 5.69 Å². The van der Waals surface area contributed by atoms with Crippen LogP contribution in [0.1, 0.15) is 18.9 Å². The lowest BCUT2D eigenvalue weighted by Crippen LogP contribution is -2.47. The molecule has 1 saturated heterocycles. The number of hydrogen-bond donors (Lipinski definition) is 1. The number of carbonyl (C=O) groups is 1. The molecule has 1 atom stereocenters. The molecule has 2 heterocycles. The van der Waals surface area contributed by atoms with E-state index in [0.29, 0.717) is 18.6 Å². The SMILES string of the molecule is COc1cc2c(c(N3CCN(C)CC3)c1)OC(C)(C(=O)O)CC2.Cl. The van der Waals surface area contributed by atoms with E-state index < -0.39 is 11.6 Å². The van der Waals surface area contributed by atoms with Crippen LogP contribution in [0.15, 0.2) is 12.1 Å². The number of likely N-dealkylation sites (N-methyl/N-ethyl adjacent to an activating group) is 1. The highest BCUT2D eigenvalue weighted by molar-refractivity contribution is 5.85. The molecule has 1 unspecified atom stereocenters. The topological polar surface area (TPSA) is 62.2 Å². The lowest BCUT2D eigenvalue weighted by Gasteiger charge is -2.39. The van der Waals surface area contributed by atoms with Gasteiger partial charge in [0.05, 0.1) is 12.8 Å². The Kier molecular flexibility index (Phi) is 5.50. The number of piperazine rings is 1. The van der Waals surface area contributed by atoms with E-state index in [9.17, 15) is 9.90 Å². The van der Waals surface area contributed by atoms with Crippen LogP contribution in [-0.2, 0) is 11.2 Å². The largest absolute Gasteiger partial charge is 0.497 e. The summed E-state index contributed by atoms with van der Waals surface area (Å²) in [6.45, 7) is 5.38. The van der Waals surface area contributed by atoms with Crippen LogP contribution in [0.25, 0.3) is 0 Å². The second-order valence-corrected chi connectivity index (χ2v) is 6.56. The highest BCUT2D eigenvalue weighted by Crippen LogP contribution is 2.43. The summed E-state index contributed by atoms with van der Waals surface area (Å²) in [6.07, 6.45) is 1.14. The van der Waals surface area contributed by atoms with Gasteiger partial charge in [0.2, 0.25) is 5.60 Å². The number of ether oxygens (including phenoxy) is 2. The molecule has 1 N–H and O–H groups in total. The number of anilines is 1. The average Bonchev–Trinajstić information content (AvgIpc) is 2.54. The lowest BCUT2D eigenvalue weighted by atomic mass is 9.92. The molecule has 1 aromatic carbocycles. The number of nitrogens with zero attached hydrogens (tertiary/aromatic N) is 2. The fourth-order valence-corrected chi connectivity index (χ4v) is 3.15. The summed E-state index contributed by atoms with van der Waals surface area (Å²) in [6, 6.07) is 3.91. The van der Waals surface area contributed by atoms with Crippen LogP contribution in [0.5, 0.6) is 11.5 Å². The van der Waals surface area contributed by atoms with Crippen LogP contribution >= 0.6 is 12.4 Å². The van der Waals surface area contributed by atoms with Crippen LogP contribution in [0.2, 0.25) is 0 Å². The second-order valence-electron chi connectivity index (χ2n) is 6.56. The summed E-state index contributed by atoms with van der Waals surface area (Å²) in [7, 11) is 3.76. The Labute approximate surface area is 148 Å². The fourth-order valence-electron chi connectivity index (χ4n) is 3.15. The Balaban J connectivity index is 0.00000208. The molecule has 1 fully saturated rings. The zero-order valence-corrected chi connectivity index (χ0v) is 15.2. The van der Waals surface area contributed by atoms with E-state index in [0.717, 1.165) is 43.2 Å². The molecular weight excluding hydrogens is 332 g/mol. The molecule has 2 aliphatic heterocycles. The summed E-state index contributed by atoms with van der Waals surface area (Å²) in [5.41, 5.74) is 0.805. The van der Waals surface area contributed by atoms with Crippen molar-refractivity contribution in [1.82, 2.24) is 4.90 Å². The van der Waals surface area contributed by atoms with Crippen molar-refractivity contribution in [3.8, 4) is 11.5 Å². The Hall–Kier alpha value is -1.66. The highest BCUT2D eigenvalue weighted by Gasteiger charge is 2.40. The van der Waals surface area contributed by atoms with Gasteiger partial charge in [-0.1, -0.05) is 0 Å². The van der Waals surface area contributed by atoms with Crippen molar-refractivity contribution < 1.29 is 19.4 Å². The molecule has 24 heavy (non-hydrogen) atoms. The maximum atomic E-state index is 11.6. The molecule has 0 radical (unpaired) electrons. The molecule has 2 aliphatic rings. The first-order valence-corrected chi connectivity index (χ1v) is 8.00. The van der Waals surface area contributed by atoms with Gasteiger partial charge in [0, 0.05) is 44.2 Å². The van der Waals surface area contributed by atoms with Gasteiger partial charge < -0.3 is 24.4 Å². The van der Waals surface area contributed by atoms with E-state index in [4.69, 9.17) is 9.47 Å². The summed E-state index contributed by atoms with van der Waals surface area (Å²) < 4.78 is 11.4. The van der Waals surface area contributed by atoms with E-state index in [1.807, 2.05) is 12.1 Å². The summed E-state index contributed by atoms with van der Waals surface area (Å²) in [5, 5.41) is 9.49. The standard InChI is InChI=1S/C17H24N2O4.ClH/c1-17(16(20)21)5-4-12-10-13(22-3)11-14(15(12)23-17)19-8-6-18(2)7-9-19;/h10-11H,4-9H2,1-3H3,(H,20,21);1H. The number of methoxy groups -OCH3 is 1. The van der Waals surface area contributed by atoms with Gasteiger partial charge >= 0.3 is 5.97 Å². The number of aryl methyl sites for hydroxylation is 1. The number of halogens is 1. The van der Waals surface area contributed by atoms with Crippen molar-refractivity contribution in [3.63, 3.8) is 0 Å². The number of carboxylic acids is 1. The van der Waals surface area contributed by atoms with Crippen molar-refractivity contribution in [2.24, 2.45) is 0 Å². The molecular formula is C17H25ClN2O4. The van der Waals surface area contributed by atoms with E-state index in [2.05, 4.69) is 16.8 Å². The van der Waals surface area contributed by atoms with Gasteiger partial charge in [-0.05, 0) is 26.5 Å². The predicted octanol–water partition coefficient (Wildman–Crippen LogP) is 2.04. The van der Waals surface area contributed by atoms with Gasteiger partial charge in [0.25, 0.3) is 0 Å². The smallest absolute Gasteiger partial charge is 0.347 e. The Morgan fingerprint density at radius 3 is 2.54 bits per heavy atom. The molecule has 0 spiro atoms.